The van der Waals surface area contributed by atoms with Crippen molar-refractivity contribution < 1.29 is 9.53 Å². The Morgan fingerprint density at radius 1 is 1.32 bits per heavy atom. The topological polar surface area (TPSA) is 56.1 Å². The molecule has 2 rings (SSSR count). The minimum atomic E-state index is -0.0239. The molecule has 1 aromatic carbocycles. The van der Waals surface area contributed by atoms with Crippen molar-refractivity contribution in [1.29, 1.82) is 0 Å². The Morgan fingerprint density at radius 2 is 2.00 bits per heavy atom. The molecule has 0 aliphatic rings. The smallest absolute Gasteiger partial charge is 0.226 e. The van der Waals surface area contributed by atoms with Crippen LogP contribution in [-0.2, 0) is 4.79 Å². The van der Waals surface area contributed by atoms with E-state index in [-0.39, 0.29) is 11.9 Å². The second kappa shape index (κ2) is 7.11. The molecule has 0 saturated carbocycles. The maximum atomic E-state index is 12.1. The van der Waals surface area contributed by atoms with Crippen molar-refractivity contribution in [3.05, 3.63) is 41.7 Å². The molecule has 5 nitrogen and oxygen atoms in total. The van der Waals surface area contributed by atoms with E-state index in [4.69, 9.17) is 4.74 Å². The zero-order valence-electron chi connectivity index (χ0n) is 13.6. The second-order valence-corrected chi connectivity index (χ2v) is 5.43. The van der Waals surface area contributed by atoms with Crippen molar-refractivity contribution in [2.75, 3.05) is 11.9 Å². The largest absolute Gasteiger partial charge is 0.494 e. The van der Waals surface area contributed by atoms with Crippen LogP contribution in [-0.4, -0.2) is 22.3 Å². The molecule has 0 aliphatic heterocycles. The first kappa shape index (κ1) is 16.1. The summed E-state index contributed by atoms with van der Waals surface area (Å²) < 4.78 is 7.28. The number of carbonyl (C=O) groups is 1. The number of aromatic nitrogens is 2. The number of hydrogen-bond acceptors (Lipinski definition) is 3. The number of benzene rings is 1. The number of nitrogens with one attached hydrogen (secondary N) is 1. The highest BCUT2D eigenvalue weighted by atomic mass is 16.5. The van der Waals surface area contributed by atoms with Gasteiger partial charge in [-0.2, -0.15) is 5.10 Å². The van der Waals surface area contributed by atoms with E-state index >= 15 is 0 Å². The van der Waals surface area contributed by atoms with Crippen molar-refractivity contribution in [1.82, 2.24) is 9.78 Å². The predicted octanol–water partition coefficient (Wildman–Crippen LogP) is 3.49. The molecule has 0 spiro atoms. The molecule has 1 atom stereocenters. The normalized spacial score (nSPS) is 12.0. The van der Waals surface area contributed by atoms with Gasteiger partial charge in [0.15, 0.2) is 0 Å². The minimum absolute atomic E-state index is 0.0239. The van der Waals surface area contributed by atoms with Gasteiger partial charge in [0.05, 0.1) is 18.3 Å². The summed E-state index contributed by atoms with van der Waals surface area (Å²) in [6.45, 7) is 8.52. The molecule has 118 valence electrons. The maximum absolute atomic E-state index is 12.1. The van der Waals surface area contributed by atoms with Crippen LogP contribution < -0.4 is 10.1 Å². The summed E-state index contributed by atoms with van der Waals surface area (Å²) in [5.74, 6) is 0.778. The van der Waals surface area contributed by atoms with E-state index in [1.54, 1.807) is 0 Å². The van der Waals surface area contributed by atoms with Crippen LogP contribution in [0.3, 0.4) is 0 Å². The lowest BCUT2D eigenvalue weighted by atomic mass is 10.2. The van der Waals surface area contributed by atoms with E-state index in [0.29, 0.717) is 13.0 Å². The summed E-state index contributed by atoms with van der Waals surface area (Å²) in [6, 6.07) is 9.43. The molecule has 0 fully saturated rings. The molecule has 2 aromatic rings. The van der Waals surface area contributed by atoms with E-state index < -0.39 is 0 Å². The van der Waals surface area contributed by atoms with Crippen LogP contribution in [0.5, 0.6) is 5.75 Å². The van der Waals surface area contributed by atoms with Crippen molar-refractivity contribution in [2.24, 2.45) is 0 Å². The Labute approximate surface area is 131 Å². The monoisotopic (exact) mass is 301 g/mol. The molecular formula is C17H23N3O2. The first-order valence-electron chi connectivity index (χ1n) is 7.55. The lowest BCUT2D eigenvalue weighted by molar-refractivity contribution is -0.116. The minimum Gasteiger partial charge on any atom is -0.494 e. The van der Waals surface area contributed by atoms with Crippen LogP contribution in [0.2, 0.25) is 0 Å². The van der Waals surface area contributed by atoms with E-state index in [2.05, 4.69) is 10.4 Å². The van der Waals surface area contributed by atoms with Crippen molar-refractivity contribution >= 4 is 11.6 Å². The lowest BCUT2D eigenvalue weighted by Gasteiger charge is -2.14. The van der Waals surface area contributed by atoms with Gasteiger partial charge in [-0.05, 0) is 58.0 Å². The molecule has 0 radical (unpaired) electrons. The van der Waals surface area contributed by atoms with Crippen molar-refractivity contribution in [3.63, 3.8) is 0 Å². The molecule has 22 heavy (non-hydrogen) atoms. The third-order valence-corrected chi connectivity index (χ3v) is 3.39. The van der Waals surface area contributed by atoms with Crippen LogP contribution in [0.15, 0.2) is 30.3 Å². The van der Waals surface area contributed by atoms with Crippen molar-refractivity contribution in [2.45, 2.75) is 40.2 Å². The van der Waals surface area contributed by atoms with Crippen LogP contribution in [0, 0.1) is 13.8 Å². The van der Waals surface area contributed by atoms with Gasteiger partial charge < -0.3 is 10.1 Å². The highest BCUT2D eigenvalue weighted by molar-refractivity contribution is 5.90. The van der Waals surface area contributed by atoms with Gasteiger partial charge in [0.2, 0.25) is 5.91 Å². The standard InChI is InChI=1S/C17H23N3O2/c1-5-22-16-8-6-15(7-9-16)18-17(21)11-14(4)20-13(3)10-12(2)19-20/h6-10,14H,5,11H2,1-4H3,(H,18,21). The number of anilines is 1. The summed E-state index contributed by atoms with van der Waals surface area (Å²) in [4.78, 5) is 12.1. The summed E-state index contributed by atoms with van der Waals surface area (Å²) >= 11 is 0. The zero-order chi connectivity index (χ0) is 16.1. The van der Waals surface area contributed by atoms with Crippen LogP contribution in [0.4, 0.5) is 5.69 Å². The fourth-order valence-corrected chi connectivity index (χ4v) is 2.46. The molecule has 1 heterocycles. The summed E-state index contributed by atoms with van der Waals surface area (Å²) in [7, 11) is 0. The Morgan fingerprint density at radius 3 is 2.55 bits per heavy atom. The SMILES string of the molecule is CCOc1ccc(NC(=O)CC(C)n2nc(C)cc2C)cc1. The van der Waals surface area contributed by atoms with Gasteiger partial charge in [-0.25, -0.2) is 0 Å². The maximum Gasteiger partial charge on any atom is 0.226 e. The number of hydrogen-bond donors (Lipinski definition) is 1. The highest BCUT2D eigenvalue weighted by Crippen LogP contribution is 2.18. The number of nitrogens with zero attached hydrogens (tertiary/aromatic N) is 2. The third-order valence-electron chi connectivity index (χ3n) is 3.39. The number of ether oxygens (including phenoxy) is 1. The molecule has 0 saturated heterocycles. The van der Waals surface area contributed by atoms with E-state index in [0.717, 1.165) is 22.8 Å². The van der Waals surface area contributed by atoms with E-state index in [1.165, 1.54) is 0 Å². The first-order valence-corrected chi connectivity index (χ1v) is 7.55. The Bertz CT molecular complexity index is 632. The zero-order valence-corrected chi connectivity index (χ0v) is 13.6. The van der Waals surface area contributed by atoms with Gasteiger partial charge in [-0.3, -0.25) is 9.48 Å². The van der Waals surface area contributed by atoms with Gasteiger partial charge in [-0.15, -0.1) is 0 Å². The molecular weight excluding hydrogens is 278 g/mol. The quantitative estimate of drug-likeness (QED) is 0.888. The Hall–Kier alpha value is -2.30. The van der Waals surface area contributed by atoms with Crippen LogP contribution in [0.25, 0.3) is 0 Å². The summed E-state index contributed by atoms with van der Waals surface area (Å²) in [5.41, 5.74) is 2.81. The number of amides is 1. The summed E-state index contributed by atoms with van der Waals surface area (Å²) in [5, 5.41) is 7.33. The molecule has 1 amide bonds. The van der Waals surface area contributed by atoms with Crippen molar-refractivity contribution in [3.8, 4) is 5.75 Å². The van der Waals surface area contributed by atoms with E-state index in [9.17, 15) is 4.79 Å². The van der Waals surface area contributed by atoms with Gasteiger partial charge >= 0.3 is 0 Å². The van der Waals surface area contributed by atoms with Gasteiger partial charge in [0, 0.05) is 17.8 Å². The van der Waals surface area contributed by atoms with Crippen LogP contribution >= 0.6 is 0 Å². The Balaban J connectivity index is 1.93. The second-order valence-electron chi connectivity index (χ2n) is 5.43. The van der Waals surface area contributed by atoms with Crippen LogP contribution in [0.1, 0.15) is 37.7 Å². The molecule has 0 bridgehead atoms. The molecule has 1 N–H and O–H groups in total. The number of aryl methyl sites for hydroxylation is 2. The molecule has 1 unspecified atom stereocenters. The highest BCUT2D eigenvalue weighted by Gasteiger charge is 2.14. The summed E-state index contributed by atoms with van der Waals surface area (Å²) in [6.07, 6.45) is 0.384. The van der Waals surface area contributed by atoms with Gasteiger partial charge in [0.25, 0.3) is 0 Å². The predicted molar refractivity (Wildman–Crippen MR) is 87.3 cm³/mol. The number of carbonyl (C=O) groups excluding carboxylic acids is 1. The van der Waals surface area contributed by atoms with Gasteiger partial charge in [-0.1, -0.05) is 0 Å². The first-order chi connectivity index (χ1) is 10.5. The lowest BCUT2D eigenvalue weighted by Crippen LogP contribution is -2.19. The molecule has 5 heteroatoms. The molecule has 1 aromatic heterocycles. The average Bonchev–Trinajstić information content (AvgIpc) is 2.80. The Kier molecular flexibility index (Phi) is 5.20. The average molecular weight is 301 g/mol. The van der Waals surface area contributed by atoms with E-state index in [1.807, 2.05) is 62.7 Å². The third kappa shape index (κ3) is 4.10. The fourth-order valence-electron chi connectivity index (χ4n) is 2.46. The fraction of sp³-hybridized carbons (Fsp3) is 0.412. The molecule has 0 aliphatic carbocycles. The number of rotatable bonds is 6. The van der Waals surface area contributed by atoms with Gasteiger partial charge in [0.1, 0.15) is 5.75 Å².